The average Bonchev–Trinajstić information content (AvgIpc) is 2.78. The highest BCUT2D eigenvalue weighted by Gasteiger charge is 2.08. The molecular formula is C13H15NOS2. The molecule has 90 valence electrons. The predicted molar refractivity (Wildman–Crippen MR) is 74.9 cm³/mol. The van der Waals surface area contributed by atoms with Crippen molar-refractivity contribution in [2.75, 3.05) is 11.5 Å². The first-order chi connectivity index (χ1) is 8.16. The number of thiophene rings is 1. The Hall–Kier alpha value is -1.13. The molecule has 0 fully saturated rings. The maximum Gasteiger partial charge on any atom is 0.0617 e. The van der Waals surface area contributed by atoms with Crippen LogP contribution in [0.2, 0.25) is 0 Å². The predicted octanol–water partition coefficient (Wildman–Crippen LogP) is 2.99. The molecule has 0 bridgehead atoms. The molecule has 0 aliphatic heterocycles. The van der Waals surface area contributed by atoms with E-state index in [2.05, 4.69) is 11.4 Å². The van der Waals surface area contributed by atoms with E-state index in [0.29, 0.717) is 11.4 Å². The van der Waals surface area contributed by atoms with Crippen LogP contribution in [0.1, 0.15) is 11.1 Å². The maximum absolute atomic E-state index is 12.1. The molecule has 0 saturated heterocycles. The van der Waals surface area contributed by atoms with E-state index in [9.17, 15) is 4.21 Å². The lowest BCUT2D eigenvalue weighted by atomic mass is 10.2. The molecule has 1 aromatic carbocycles. The van der Waals surface area contributed by atoms with Gasteiger partial charge >= 0.3 is 0 Å². The summed E-state index contributed by atoms with van der Waals surface area (Å²) in [5.41, 5.74) is 8.86. The fourth-order valence-corrected chi connectivity index (χ4v) is 3.52. The van der Waals surface area contributed by atoms with Crippen molar-refractivity contribution in [3.63, 3.8) is 0 Å². The zero-order valence-electron chi connectivity index (χ0n) is 9.68. The van der Waals surface area contributed by atoms with Gasteiger partial charge in [0.25, 0.3) is 0 Å². The van der Waals surface area contributed by atoms with Crippen molar-refractivity contribution in [1.29, 1.82) is 0 Å². The molecule has 1 atom stereocenters. The molecule has 2 aromatic rings. The molecular weight excluding hydrogens is 250 g/mol. The Balaban J connectivity index is 2.04. The number of rotatable bonds is 4. The van der Waals surface area contributed by atoms with Crippen molar-refractivity contribution >= 4 is 27.8 Å². The van der Waals surface area contributed by atoms with Crippen LogP contribution in [0.5, 0.6) is 0 Å². The minimum atomic E-state index is -1.01. The Morgan fingerprint density at radius 2 is 2.18 bits per heavy atom. The van der Waals surface area contributed by atoms with Crippen molar-refractivity contribution < 1.29 is 4.21 Å². The van der Waals surface area contributed by atoms with E-state index in [1.54, 1.807) is 11.3 Å². The SMILES string of the molecule is Cc1ccc(S(=O)CCc2ccsc2)c(N)c1. The smallest absolute Gasteiger partial charge is 0.0617 e. The first-order valence-electron chi connectivity index (χ1n) is 5.42. The fourth-order valence-electron chi connectivity index (χ4n) is 1.63. The van der Waals surface area contributed by atoms with E-state index in [4.69, 9.17) is 5.73 Å². The molecule has 0 aliphatic carbocycles. The Bertz CT molecular complexity index is 520. The van der Waals surface area contributed by atoms with Crippen LogP contribution in [0.15, 0.2) is 39.9 Å². The van der Waals surface area contributed by atoms with Gasteiger partial charge in [0, 0.05) is 11.4 Å². The zero-order chi connectivity index (χ0) is 12.3. The van der Waals surface area contributed by atoms with Gasteiger partial charge in [-0.3, -0.25) is 4.21 Å². The van der Waals surface area contributed by atoms with Gasteiger partial charge in [-0.25, -0.2) is 0 Å². The molecule has 0 radical (unpaired) electrons. The number of hydrogen-bond donors (Lipinski definition) is 1. The van der Waals surface area contributed by atoms with Gasteiger partial charge < -0.3 is 5.73 Å². The van der Waals surface area contributed by atoms with Gasteiger partial charge in [0.2, 0.25) is 0 Å². The third kappa shape index (κ3) is 3.17. The zero-order valence-corrected chi connectivity index (χ0v) is 11.3. The van der Waals surface area contributed by atoms with E-state index in [-0.39, 0.29) is 0 Å². The van der Waals surface area contributed by atoms with Crippen LogP contribution in [0.4, 0.5) is 5.69 Å². The quantitative estimate of drug-likeness (QED) is 0.864. The van der Waals surface area contributed by atoms with E-state index in [1.807, 2.05) is 30.5 Å². The van der Waals surface area contributed by atoms with Crippen LogP contribution < -0.4 is 5.73 Å². The molecule has 1 unspecified atom stereocenters. The second kappa shape index (κ2) is 5.47. The molecule has 2 N–H and O–H groups in total. The Labute approximate surface area is 108 Å². The van der Waals surface area contributed by atoms with Crippen molar-refractivity contribution in [2.45, 2.75) is 18.2 Å². The molecule has 17 heavy (non-hydrogen) atoms. The van der Waals surface area contributed by atoms with Crippen molar-refractivity contribution in [1.82, 2.24) is 0 Å². The van der Waals surface area contributed by atoms with Crippen molar-refractivity contribution in [3.8, 4) is 0 Å². The third-order valence-electron chi connectivity index (χ3n) is 2.57. The monoisotopic (exact) mass is 265 g/mol. The van der Waals surface area contributed by atoms with Gasteiger partial charge in [0.05, 0.1) is 15.7 Å². The number of aryl methyl sites for hydroxylation is 2. The van der Waals surface area contributed by atoms with E-state index >= 15 is 0 Å². The van der Waals surface area contributed by atoms with Crippen LogP contribution in [0.3, 0.4) is 0 Å². The van der Waals surface area contributed by atoms with Crippen LogP contribution >= 0.6 is 11.3 Å². The molecule has 2 rings (SSSR count). The number of hydrogen-bond acceptors (Lipinski definition) is 3. The number of nitrogen functional groups attached to an aromatic ring is 1. The standard InChI is InChI=1S/C13H15NOS2/c1-10-2-3-13(12(14)8-10)17(15)7-5-11-4-6-16-9-11/h2-4,6,8-9H,5,7,14H2,1H3. The molecule has 0 aliphatic rings. The van der Waals surface area contributed by atoms with Crippen LogP contribution in [0.25, 0.3) is 0 Å². The summed E-state index contributed by atoms with van der Waals surface area (Å²) in [5.74, 6) is 0.629. The third-order valence-corrected chi connectivity index (χ3v) is 4.74. The second-order valence-electron chi connectivity index (χ2n) is 3.97. The highest BCUT2D eigenvalue weighted by molar-refractivity contribution is 7.85. The van der Waals surface area contributed by atoms with E-state index in [0.717, 1.165) is 16.9 Å². The van der Waals surface area contributed by atoms with Gasteiger partial charge in [0.1, 0.15) is 0 Å². The van der Waals surface area contributed by atoms with Gasteiger partial charge in [0.15, 0.2) is 0 Å². The van der Waals surface area contributed by atoms with E-state index in [1.165, 1.54) is 5.56 Å². The molecule has 1 aromatic heterocycles. The summed E-state index contributed by atoms with van der Waals surface area (Å²) in [7, 11) is -1.01. The summed E-state index contributed by atoms with van der Waals surface area (Å²) in [6, 6.07) is 7.76. The molecule has 4 heteroatoms. The molecule has 2 nitrogen and oxygen atoms in total. The summed E-state index contributed by atoms with van der Waals surface area (Å²) in [6.45, 7) is 1.98. The minimum absolute atomic E-state index is 0.629. The van der Waals surface area contributed by atoms with Gasteiger partial charge in [-0.1, -0.05) is 6.07 Å². The van der Waals surface area contributed by atoms with Crippen LogP contribution in [0, 0.1) is 6.92 Å². The summed E-state index contributed by atoms with van der Waals surface area (Å²) >= 11 is 1.67. The van der Waals surface area contributed by atoms with E-state index < -0.39 is 10.8 Å². The average molecular weight is 265 g/mol. The van der Waals surface area contributed by atoms with Crippen LogP contribution in [-0.4, -0.2) is 9.96 Å². The largest absolute Gasteiger partial charge is 0.398 e. The van der Waals surface area contributed by atoms with Crippen molar-refractivity contribution in [2.24, 2.45) is 0 Å². The highest BCUT2D eigenvalue weighted by atomic mass is 32.2. The molecule has 0 spiro atoms. The lowest BCUT2D eigenvalue weighted by Gasteiger charge is -2.06. The first-order valence-corrected chi connectivity index (χ1v) is 7.68. The Morgan fingerprint density at radius 1 is 1.35 bits per heavy atom. The Morgan fingerprint density at radius 3 is 2.82 bits per heavy atom. The van der Waals surface area contributed by atoms with Crippen molar-refractivity contribution in [3.05, 3.63) is 46.2 Å². The lowest BCUT2D eigenvalue weighted by molar-refractivity contribution is 0.682. The summed E-state index contributed by atoms with van der Waals surface area (Å²) < 4.78 is 12.1. The number of anilines is 1. The minimum Gasteiger partial charge on any atom is -0.398 e. The summed E-state index contributed by atoms with van der Waals surface area (Å²) in [6.07, 6.45) is 0.837. The molecule has 0 amide bonds. The highest BCUT2D eigenvalue weighted by Crippen LogP contribution is 2.19. The number of benzene rings is 1. The normalized spacial score (nSPS) is 12.5. The second-order valence-corrected chi connectivity index (χ2v) is 6.29. The lowest BCUT2D eigenvalue weighted by Crippen LogP contribution is -2.04. The van der Waals surface area contributed by atoms with Gasteiger partial charge in [-0.2, -0.15) is 11.3 Å². The molecule has 1 heterocycles. The summed E-state index contributed by atoms with van der Waals surface area (Å²) in [4.78, 5) is 0.755. The van der Waals surface area contributed by atoms with Gasteiger partial charge in [-0.05, 0) is 53.4 Å². The fraction of sp³-hybridized carbons (Fsp3) is 0.231. The summed E-state index contributed by atoms with van der Waals surface area (Å²) in [5, 5.41) is 4.13. The molecule has 0 saturated carbocycles. The Kier molecular flexibility index (Phi) is 3.97. The first kappa shape index (κ1) is 12.3. The number of nitrogens with two attached hydrogens (primary N) is 1. The van der Waals surface area contributed by atoms with Gasteiger partial charge in [-0.15, -0.1) is 0 Å². The van der Waals surface area contributed by atoms with Crippen LogP contribution in [-0.2, 0) is 17.2 Å². The maximum atomic E-state index is 12.1. The topological polar surface area (TPSA) is 43.1 Å².